The Hall–Kier alpha value is -0.930. The first kappa shape index (κ1) is 35.3. The fourth-order valence-electron chi connectivity index (χ4n) is 5.07. The van der Waals surface area contributed by atoms with Crippen LogP contribution in [0.1, 0.15) is 96.8 Å². The monoisotopic (exact) mass is 580 g/mol. The second-order valence-electron chi connectivity index (χ2n) is 11.0. The molecule has 0 amide bonds. The Bertz CT molecular complexity index is 682. The van der Waals surface area contributed by atoms with Gasteiger partial charge in [-0.05, 0) is 6.42 Å². The molecular weight excluding hydrogens is 528 g/mol. The molecule has 0 bridgehead atoms. The van der Waals surface area contributed by atoms with Gasteiger partial charge in [0, 0.05) is 6.42 Å². The maximum atomic E-state index is 12.2. The van der Waals surface area contributed by atoms with E-state index in [9.17, 15) is 40.5 Å². The standard InChI is InChI=1S/C28H52O12/c1-2-3-4-5-6-7-8-9-10-11-12-13-14-15-20(30)37-17-19-22(32)23(33)25(35)28(39-19)40-26-24(34)21(31)18(16-29)38-27(26)36/h18-19,21-29,31-36H,2-17H2,1H3/t18-,19-,21-,22-,23+,24+,25-,26-,27+,28-/m1/s1. The highest BCUT2D eigenvalue weighted by atomic mass is 16.7. The zero-order chi connectivity index (χ0) is 29.5. The molecule has 40 heavy (non-hydrogen) atoms. The van der Waals surface area contributed by atoms with Crippen LogP contribution >= 0.6 is 0 Å². The van der Waals surface area contributed by atoms with Crippen LogP contribution in [0.3, 0.4) is 0 Å². The molecular formula is C28H52O12. The van der Waals surface area contributed by atoms with E-state index in [1.807, 2.05) is 0 Å². The van der Waals surface area contributed by atoms with E-state index in [-0.39, 0.29) is 6.42 Å². The topological polar surface area (TPSA) is 196 Å². The number of ether oxygens (including phenoxy) is 4. The van der Waals surface area contributed by atoms with Gasteiger partial charge in [-0.3, -0.25) is 4.79 Å². The third kappa shape index (κ3) is 11.4. The number of aliphatic hydroxyl groups excluding tert-OH is 7. The van der Waals surface area contributed by atoms with Crippen molar-refractivity contribution >= 4 is 5.97 Å². The lowest BCUT2D eigenvalue weighted by molar-refractivity contribution is -0.361. The van der Waals surface area contributed by atoms with Gasteiger partial charge >= 0.3 is 5.97 Å². The predicted octanol–water partition coefficient (Wildman–Crippen LogP) is 0.635. The van der Waals surface area contributed by atoms with Crippen molar-refractivity contribution in [3.63, 3.8) is 0 Å². The first-order valence-corrected chi connectivity index (χ1v) is 15.0. The van der Waals surface area contributed by atoms with E-state index in [0.29, 0.717) is 6.42 Å². The minimum Gasteiger partial charge on any atom is -0.463 e. The van der Waals surface area contributed by atoms with Crippen molar-refractivity contribution in [1.29, 1.82) is 0 Å². The van der Waals surface area contributed by atoms with Crippen molar-refractivity contribution < 1.29 is 59.5 Å². The number of aliphatic hydroxyl groups is 7. The molecule has 0 aromatic rings. The van der Waals surface area contributed by atoms with Gasteiger partial charge in [0.25, 0.3) is 0 Å². The van der Waals surface area contributed by atoms with E-state index in [4.69, 9.17) is 18.9 Å². The molecule has 2 fully saturated rings. The predicted molar refractivity (Wildman–Crippen MR) is 143 cm³/mol. The van der Waals surface area contributed by atoms with Crippen molar-refractivity contribution in [2.45, 2.75) is 158 Å². The summed E-state index contributed by atoms with van der Waals surface area (Å²) in [5, 5.41) is 70.4. The largest absolute Gasteiger partial charge is 0.463 e. The molecule has 0 radical (unpaired) electrons. The normalized spacial score (nSPS) is 34.6. The average Bonchev–Trinajstić information content (AvgIpc) is 2.94. The van der Waals surface area contributed by atoms with Crippen LogP contribution in [0.2, 0.25) is 0 Å². The van der Waals surface area contributed by atoms with Gasteiger partial charge in [-0.25, -0.2) is 0 Å². The summed E-state index contributed by atoms with van der Waals surface area (Å²) in [5.74, 6) is -0.485. The van der Waals surface area contributed by atoms with Gasteiger partial charge in [0.05, 0.1) is 6.61 Å². The van der Waals surface area contributed by atoms with Crippen LogP contribution in [0.15, 0.2) is 0 Å². The summed E-state index contributed by atoms with van der Waals surface area (Å²) in [5.41, 5.74) is 0. The summed E-state index contributed by atoms with van der Waals surface area (Å²) in [6.07, 6.45) is -0.323. The van der Waals surface area contributed by atoms with Crippen molar-refractivity contribution in [3.8, 4) is 0 Å². The van der Waals surface area contributed by atoms with Crippen LogP contribution in [0.4, 0.5) is 0 Å². The van der Waals surface area contributed by atoms with E-state index in [1.54, 1.807) is 0 Å². The molecule has 0 saturated carbocycles. The molecule has 0 aliphatic carbocycles. The fourth-order valence-corrected chi connectivity index (χ4v) is 5.07. The van der Waals surface area contributed by atoms with Crippen LogP contribution in [-0.4, -0.2) is 116 Å². The minimum absolute atomic E-state index is 0.202. The molecule has 10 atom stereocenters. The number of carbonyl (C=O) groups excluding carboxylic acids is 1. The molecule has 12 heteroatoms. The second kappa shape index (κ2) is 19.3. The highest BCUT2D eigenvalue weighted by Crippen LogP contribution is 2.28. The van der Waals surface area contributed by atoms with Crippen molar-refractivity contribution in [1.82, 2.24) is 0 Å². The van der Waals surface area contributed by atoms with Crippen molar-refractivity contribution in [2.24, 2.45) is 0 Å². The SMILES string of the molecule is CCCCCCCCCCCCCCCC(=O)OC[C@H]1O[C@H](O[C@@H]2[C@@H](O)[C@H](O)[C@@H](CO)O[C@@H]2O)[C@H](O)[C@@H](O)[C@@H]1O. The Morgan fingerprint density at radius 1 is 0.650 bits per heavy atom. The number of rotatable bonds is 19. The Morgan fingerprint density at radius 2 is 1.18 bits per heavy atom. The number of hydrogen-bond acceptors (Lipinski definition) is 12. The van der Waals surface area contributed by atoms with E-state index in [1.165, 1.54) is 57.8 Å². The number of esters is 1. The number of unbranched alkanes of at least 4 members (excludes halogenated alkanes) is 12. The van der Waals surface area contributed by atoms with Crippen molar-refractivity contribution in [3.05, 3.63) is 0 Å². The van der Waals surface area contributed by atoms with Crippen LogP contribution in [-0.2, 0) is 23.7 Å². The molecule has 2 aliphatic heterocycles. The zero-order valence-corrected chi connectivity index (χ0v) is 23.8. The third-order valence-electron chi connectivity index (χ3n) is 7.70. The van der Waals surface area contributed by atoms with Gasteiger partial charge < -0.3 is 54.7 Å². The first-order valence-electron chi connectivity index (χ1n) is 15.0. The van der Waals surface area contributed by atoms with Gasteiger partial charge in [0.15, 0.2) is 12.6 Å². The molecule has 2 aliphatic rings. The van der Waals surface area contributed by atoms with Crippen LogP contribution in [0.25, 0.3) is 0 Å². The lowest BCUT2D eigenvalue weighted by Gasteiger charge is -2.45. The molecule has 0 aromatic carbocycles. The lowest BCUT2D eigenvalue weighted by Crippen LogP contribution is -2.64. The van der Waals surface area contributed by atoms with Gasteiger partial charge in [-0.15, -0.1) is 0 Å². The van der Waals surface area contributed by atoms with Gasteiger partial charge in [-0.2, -0.15) is 0 Å². The first-order chi connectivity index (χ1) is 19.2. The van der Waals surface area contributed by atoms with E-state index >= 15 is 0 Å². The van der Waals surface area contributed by atoms with E-state index in [2.05, 4.69) is 6.92 Å². The Labute approximate surface area is 237 Å². The maximum Gasteiger partial charge on any atom is 0.305 e. The molecule has 0 aromatic heterocycles. The molecule has 2 rings (SSSR count). The lowest BCUT2D eigenvalue weighted by atomic mass is 9.97. The van der Waals surface area contributed by atoms with Crippen LogP contribution in [0.5, 0.6) is 0 Å². The summed E-state index contributed by atoms with van der Waals surface area (Å²) in [6, 6.07) is 0. The highest BCUT2D eigenvalue weighted by molar-refractivity contribution is 5.69. The summed E-state index contributed by atoms with van der Waals surface area (Å²) >= 11 is 0. The minimum atomic E-state index is -1.79. The molecule has 0 unspecified atom stereocenters. The molecule has 2 saturated heterocycles. The highest BCUT2D eigenvalue weighted by Gasteiger charge is 2.50. The Morgan fingerprint density at radius 3 is 1.73 bits per heavy atom. The fraction of sp³-hybridized carbons (Fsp3) is 0.964. The molecule has 236 valence electrons. The quantitative estimate of drug-likeness (QED) is 0.0833. The van der Waals surface area contributed by atoms with E-state index < -0.39 is 80.6 Å². The molecule has 12 nitrogen and oxygen atoms in total. The maximum absolute atomic E-state index is 12.2. The third-order valence-corrected chi connectivity index (χ3v) is 7.70. The van der Waals surface area contributed by atoms with Gasteiger partial charge in [0.1, 0.15) is 55.4 Å². The van der Waals surface area contributed by atoms with Gasteiger partial charge in [-0.1, -0.05) is 84.0 Å². The summed E-state index contributed by atoms with van der Waals surface area (Å²) < 4.78 is 21.1. The van der Waals surface area contributed by atoms with Crippen molar-refractivity contribution in [2.75, 3.05) is 13.2 Å². The number of hydrogen-bond donors (Lipinski definition) is 7. The Kier molecular flexibility index (Phi) is 17.0. The van der Waals surface area contributed by atoms with Gasteiger partial charge in [0.2, 0.25) is 0 Å². The Balaban J connectivity index is 1.64. The van der Waals surface area contributed by atoms with Crippen LogP contribution < -0.4 is 0 Å². The zero-order valence-electron chi connectivity index (χ0n) is 23.8. The summed E-state index contributed by atoms with van der Waals surface area (Å²) in [4.78, 5) is 12.2. The molecule has 2 heterocycles. The number of carbonyl (C=O) groups is 1. The van der Waals surface area contributed by atoms with E-state index in [0.717, 1.165) is 19.3 Å². The molecule has 7 N–H and O–H groups in total. The summed E-state index contributed by atoms with van der Waals surface area (Å²) in [7, 11) is 0. The second-order valence-corrected chi connectivity index (χ2v) is 11.0. The molecule has 0 spiro atoms. The summed E-state index contributed by atoms with van der Waals surface area (Å²) in [6.45, 7) is 1.15. The smallest absolute Gasteiger partial charge is 0.305 e. The average molecular weight is 581 g/mol. The van der Waals surface area contributed by atoms with Crippen LogP contribution in [0, 0.1) is 0 Å².